The van der Waals surface area contributed by atoms with Crippen LogP contribution in [-0.4, -0.2) is 36.2 Å². The van der Waals surface area contributed by atoms with Crippen molar-refractivity contribution in [2.24, 2.45) is 0 Å². The van der Waals surface area contributed by atoms with Gasteiger partial charge in [-0.3, -0.25) is 4.90 Å². The maximum atomic E-state index is 10.1. The molecule has 0 unspecified atom stereocenters. The highest BCUT2D eigenvalue weighted by atomic mass is 79.9. The van der Waals surface area contributed by atoms with Gasteiger partial charge >= 0.3 is 0 Å². The van der Waals surface area contributed by atoms with Gasteiger partial charge in [-0.15, -0.1) is 6.58 Å². The van der Waals surface area contributed by atoms with Crippen LogP contribution in [0, 0.1) is 0 Å². The van der Waals surface area contributed by atoms with Crippen LogP contribution in [0.1, 0.15) is 18.0 Å². The largest absolute Gasteiger partial charge is 0.508 e. The van der Waals surface area contributed by atoms with Crippen LogP contribution < -0.4 is 5.32 Å². The predicted octanol–water partition coefficient (Wildman–Crippen LogP) is 2.68. The van der Waals surface area contributed by atoms with Gasteiger partial charge in [-0.25, -0.2) is 0 Å². The Hall–Kier alpha value is -0.840. The van der Waals surface area contributed by atoms with E-state index in [0.29, 0.717) is 5.75 Å². The molecule has 1 aromatic rings. The number of nitrogens with zero attached hydrogens (tertiary/aromatic N) is 1. The highest BCUT2D eigenvalue weighted by Gasteiger charge is 2.23. The molecule has 4 heteroatoms. The van der Waals surface area contributed by atoms with Gasteiger partial charge in [-0.2, -0.15) is 0 Å². The lowest BCUT2D eigenvalue weighted by Gasteiger charge is -2.35. The van der Waals surface area contributed by atoms with Crippen molar-refractivity contribution >= 4 is 15.9 Å². The normalized spacial score (nSPS) is 18.5. The third-order valence-electron chi connectivity index (χ3n) is 3.33. The molecule has 1 atom stereocenters. The molecule has 0 aliphatic carbocycles. The molecule has 1 saturated heterocycles. The Bertz CT molecular complexity index is 416. The topological polar surface area (TPSA) is 35.5 Å². The maximum Gasteiger partial charge on any atom is 0.121 e. The predicted molar refractivity (Wildman–Crippen MR) is 77.8 cm³/mol. The summed E-state index contributed by atoms with van der Waals surface area (Å²) in [6.07, 6.45) is 2.78. The van der Waals surface area contributed by atoms with Gasteiger partial charge in [-0.05, 0) is 18.6 Å². The lowest BCUT2D eigenvalue weighted by molar-refractivity contribution is 0.172. The molecule has 1 aliphatic heterocycles. The summed E-state index contributed by atoms with van der Waals surface area (Å²) in [7, 11) is 0. The zero-order chi connectivity index (χ0) is 13.0. The van der Waals surface area contributed by atoms with Gasteiger partial charge in [0.15, 0.2) is 0 Å². The summed E-state index contributed by atoms with van der Waals surface area (Å²) in [6.45, 7) is 7.86. The average molecular weight is 311 g/mol. The molecular weight excluding hydrogens is 292 g/mol. The number of benzene rings is 1. The van der Waals surface area contributed by atoms with Crippen LogP contribution in [0.5, 0.6) is 5.75 Å². The number of nitrogens with one attached hydrogen (secondary N) is 1. The number of piperazine rings is 1. The smallest absolute Gasteiger partial charge is 0.121 e. The molecule has 1 aliphatic rings. The van der Waals surface area contributed by atoms with E-state index in [4.69, 9.17) is 0 Å². The molecular formula is C14H19BrN2O. The Morgan fingerprint density at radius 3 is 2.78 bits per heavy atom. The van der Waals surface area contributed by atoms with Gasteiger partial charge in [0.25, 0.3) is 0 Å². The molecule has 0 saturated carbocycles. The summed E-state index contributed by atoms with van der Waals surface area (Å²) in [5.41, 5.74) is 0.986. The summed E-state index contributed by atoms with van der Waals surface area (Å²) < 4.78 is 0.904. The summed E-state index contributed by atoms with van der Waals surface area (Å²) in [5.74, 6) is 0.356. The van der Waals surface area contributed by atoms with E-state index in [0.717, 1.165) is 42.6 Å². The number of aromatic hydroxyl groups is 1. The summed E-state index contributed by atoms with van der Waals surface area (Å²) >= 11 is 3.38. The van der Waals surface area contributed by atoms with E-state index in [2.05, 4.69) is 32.7 Å². The molecule has 3 nitrogen and oxygen atoms in total. The van der Waals surface area contributed by atoms with Crippen molar-refractivity contribution in [2.45, 2.75) is 12.5 Å². The molecule has 0 spiro atoms. The molecule has 1 fully saturated rings. The van der Waals surface area contributed by atoms with E-state index in [9.17, 15) is 5.11 Å². The Morgan fingerprint density at radius 2 is 2.17 bits per heavy atom. The quantitative estimate of drug-likeness (QED) is 0.839. The van der Waals surface area contributed by atoms with E-state index >= 15 is 0 Å². The van der Waals surface area contributed by atoms with Gasteiger partial charge in [0.1, 0.15) is 5.75 Å². The molecule has 2 N–H and O–H groups in total. The zero-order valence-electron chi connectivity index (χ0n) is 10.4. The first-order valence-corrected chi connectivity index (χ1v) is 7.05. The standard InChI is InChI=1S/C14H19BrN2O/c1-2-3-13(17-8-6-16-7-9-17)12-5-4-11(15)10-14(12)18/h2,4-5,10,13,16,18H,1,3,6-9H2/t13-/m1/s1. The molecule has 0 aromatic heterocycles. The number of hydrogen-bond acceptors (Lipinski definition) is 3. The number of halogens is 1. The molecule has 18 heavy (non-hydrogen) atoms. The maximum absolute atomic E-state index is 10.1. The zero-order valence-corrected chi connectivity index (χ0v) is 12.0. The number of phenolic OH excluding ortho intramolecular Hbond substituents is 1. The second-order valence-corrected chi connectivity index (χ2v) is 5.44. The van der Waals surface area contributed by atoms with Crippen molar-refractivity contribution in [3.8, 4) is 5.75 Å². The van der Waals surface area contributed by atoms with Gasteiger partial charge in [-0.1, -0.05) is 28.1 Å². The van der Waals surface area contributed by atoms with E-state index < -0.39 is 0 Å². The minimum atomic E-state index is 0.220. The lowest BCUT2D eigenvalue weighted by Crippen LogP contribution is -2.45. The van der Waals surface area contributed by atoms with Gasteiger partial charge in [0.2, 0.25) is 0 Å². The average Bonchev–Trinajstić information content (AvgIpc) is 2.38. The highest BCUT2D eigenvalue weighted by molar-refractivity contribution is 9.10. The second kappa shape index (κ2) is 6.36. The fourth-order valence-electron chi connectivity index (χ4n) is 2.42. The van der Waals surface area contributed by atoms with E-state index in [1.54, 1.807) is 6.07 Å². The SMILES string of the molecule is C=CC[C@H](c1ccc(Br)cc1O)N1CCNCC1. The van der Waals surface area contributed by atoms with Crippen molar-refractivity contribution in [1.29, 1.82) is 0 Å². The summed E-state index contributed by atoms with van der Waals surface area (Å²) in [5, 5.41) is 13.5. The van der Waals surface area contributed by atoms with Crippen LogP contribution in [-0.2, 0) is 0 Å². The molecule has 1 heterocycles. The number of hydrogen-bond donors (Lipinski definition) is 2. The molecule has 0 radical (unpaired) electrons. The molecule has 0 amide bonds. The number of phenols is 1. The van der Waals surface area contributed by atoms with Crippen LogP contribution in [0.15, 0.2) is 35.3 Å². The number of rotatable bonds is 4. The monoisotopic (exact) mass is 310 g/mol. The van der Waals surface area contributed by atoms with E-state index in [1.807, 2.05) is 18.2 Å². The van der Waals surface area contributed by atoms with Crippen LogP contribution in [0.3, 0.4) is 0 Å². The van der Waals surface area contributed by atoms with Crippen LogP contribution in [0.2, 0.25) is 0 Å². The van der Waals surface area contributed by atoms with Crippen LogP contribution >= 0.6 is 15.9 Å². The molecule has 1 aromatic carbocycles. The second-order valence-electron chi connectivity index (χ2n) is 4.53. The lowest BCUT2D eigenvalue weighted by atomic mass is 10.00. The van der Waals surface area contributed by atoms with Crippen molar-refractivity contribution in [3.05, 3.63) is 40.9 Å². The molecule has 0 bridgehead atoms. The van der Waals surface area contributed by atoms with Crippen molar-refractivity contribution < 1.29 is 5.11 Å². The first-order chi connectivity index (χ1) is 8.72. The summed E-state index contributed by atoms with van der Waals surface area (Å²) in [6, 6.07) is 5.95. The highest BCUT2D eigenvalue weighted by Crippen LogP contribution is 2.33. The summed E-state index contributed by atoms with van der Waals surface area (Å²) in [4.78, 5) is 2.40. The van der Waals surface area contributed by atoms with Gasteiger partial charge < -0.3 is 10.4 Å². The van der Waals surface area contributed by atoms with Crippen molar-refractivity contribution in [1.82, 2.24) is 10.2 Å². The third kappa shape index (κ3) is 3.13. The van der Waals surface area contributed by atoms with Crippen LogP contribution in [0.4, 0.5) is 0 Å². The van der Waals surface area contributed by atoms with Gasteiger partial charge in [0, 0.05) is 42.3 Å². The third-order valence-corrected chi connectivity index (χ3v) is 3.83. The first-order valence-electron chi connectivity index (χ1n) is 6.26. The van der Waals surface area contributed by atoms with Crippen LogP contribution in [0.25, 0.3) is 0 Å². The Labute approximate surface area is 117 Å². The molecule has 2 rings (SSSR count). The fraction of sp³-hybridized carbons (Fsp3) is 0.429. The minimum absolute atomic E-state index is 0.220. The Balaban J connectivity index is 2.24. The van der Waals surface area contributed by atoms with Crippen molar-refractivity contribution in [2.75, 3.05) is 26.2 Å². The Kier molecular flexibility index (Phi) is 4.80. The Morgan fingerprint density at radius 1 is 1.44 bits per heavy atom. The minimum Gasteiger partial charge on any atom is -0.508 e. The fourth-order valence-corrected chi connectivity index (χ4v) is 2.77. The first kappa shape index (κ1) is 13.6. The molecule has 98 valence electrons. The van der Waals surface area contributed by atoms with Crippen molar-refractivity contribution in [3.63, 3.8) is 0 Å². The van der Waals surface area contributed by atoms with E-state index in [1.165, 1.54) is 0 Å². The van der Waals surface area contributed by atoms with E-state index in [-0.39, 0.29) is 6.04 Å². The van der Waals surface area contributed by atoms with Gasteiger partial charge in [0.05, 0.1) is 0 Å².